The van der Waals surface area contributed by atoms with Crippen molar-refractivity contribution >= 4 is 29.3 Å². The zero-order valence-corrected chi connectivity index (χ0v) is 10.4. The number of carbonyl (C=O) groups excluding carboxylic acids is 3. The van der Waals surface area contributed by atoms with E-state index in [2.05, 4.69) is 0 Å². The van der Waals surface area contributed by atoms with Crippen molar-refractivity contribution in [3.05, 3.63) is 11.1 Å². The molecule has 6 nitrogen and oxygen atoms in total. The van der Waals surface area contributed by atoms with Gasteiger partial charge in [0.1, 0.15) is 0 Å². The van der Waals surface area contributed by atoms with E-state index in [0.29, 0.717) is 17.9 Å². The number of rotatable bonds is 3. The highest BCUT2D eigenvalue weighted by Crippen LogP contribution is 2.38. The van der Waals surface area contributed by atoms with Gasteiger partial charge in [0.15, 0.2) is 0 Å². The summed E-state index contributed by atoms with van der Waals surface area (Å²) in [6.45, 7) is 0.0747. The van der Waals surface area contributed by atoms with Crippen molar-refractivity contribution in [2.24, 2.45) is 17.7 Å². The molecule has 0 saturated carbocycles. The summed E-state index contributed by atoms with van der Waals surface area (Å²) in [6.07, 6.45) is 2.71. The molecule has 2 atom stereocenters. The molecule has 0 bridgehead atoms. The zero-order valence-electron chi connectivity index (χ0n) is 9.69. The third kappa shape index (κ3) is 2.26. The fraction of sp³-hybridized carbons (Fsp3) is 0.545. The summed E-state index contributed by atoms with van der Waals surface area (Å²) in [5, 5.41) is 0.624. The highest BCUT2D eigenvalue weighted by Gasteiger charge is 2.48. The predicted molar refractivity (Wildman–Crippen MR) is 63.8 cm³/mol. The number of nitrogens with one attached hydrogen (secondary N) is 1. The predicted octanol–water partition coefficient (Wildman–Crippen LogP) is -0.116. The Balaban J connectivity index is 2.05. The van der Waals surface area contributed by atoms with Crippen LogP contribution in [0.25, 0.3) is 0 Å². The van der Waals surface area contributed by atoms with E-state index in [1.54, 1.807) is 6.08 Å². The maximum Gasteiger partial charge on any atom is 0.235 e. The van der Waals surface area contributed by atoms with Crippen LogP contribution in [0, 0.1) is 11.8 Å². The van der Waals surface area contributed by atoms with E-state index < -0.39 is 5.91 Å². The van der Waals surface area contributed by atoms with Gasteiger partial charge in [-0.3, -0.25) is 24.7 Å². The van der Waals surface area contributed by atoms with Crippen molar-refractivity contribution in [3.8, 4) is 0 Å². The van der Waals surface area contributed by atoms with Crippen molar-refractivity contribution in [1.29, 1.82) is 0 Å². The molecule has 2 aliphatic rings. The first kappa shape index (κ1) is 13.0. The van der Waals surface area contributed by atoms with E-state index in [9.17, 15) is 14.4 Å². The topological polar surface area (TPSA) is 92.5 Å². The monoisotopic (exact) mass is 271 g/mol. The molecule has 3 amide bonds. The van der Waals surface area contributed by atoms with E-state index in [1.807, 2.05) is 5.43 Å². The van der Waals surface area contributed by atoms with Gasteiger partial charge in [-0.25, -0.2) is 5.84 Å². The zero-order chi connectivity index (χ0) is 13.3. The van der Waals surface area contributed by atoms with Crippen molar-refractivity contribution < 1.29 is 14.4 Å². The molecule has 2 rings (SSSR count). The summed E-state index contributed by atoms with van der Waals surface area (Å²) in [4.78, 5) is 36.3. The van der Waals surface area contributed by atoms with Crippen molar-refractivity contribution in [3.63, 3.8) is 0 Å². The number of fused-ring (bicyclic) bond motifs is 1. The number of halogens is 1. The van der Waals surface area contributed by atoms with Crippen LogP contribution >= 0.6 is 11.6 Å². The Hall–Kier alpha value is -1.40. The second-order valence-electron chi connectivity index (χ2n) is 4.45. The fourth-order valence-corrected chi connectivity index (χ4v) is 2.66. The Bertz CT molecular complexity index is 435. The number of hydrogen-bond donors (Lipinski definition) is 2. The van der Waals surface area contributed by atoms with Gasteiger partial charge in [-0.15, -0.1) is 0 Å². The standard InChI is InChI=1S/C11H14ClN3O3/c12-6-1-2-7-8(5-6)11(18)15(10(7)17)4-3-9(16)14-13/h1,7-8H,2-5,13H2,(H,14,16)/t7-,8+/m1/s1. The molecule has 18 heavy (non-hydrogen) atoms. The molecule has 0 unspecified atom stereocenters. The third-order valence-corrected chi connectivity index (χ3v) is 3.69. The lowest BCUT2D eigenvalue weighted by Gasteiger charge is -2.17. The number of imide groups is 1. The number of nitrogens with two attached hydrogens (primary N) is 1. The van der Waals surface area contributed by atoms with Gasteiger partial charge in [-0.1, -0.05) is 17.7 Å². The molecule has 1 fully saturated rings. The lowest BCUT2D eigenvalue weighted by molar-refractivity contribution is -0.140. The summed E-state index contributed by atoms with van der Waals surface area (Å²) in [5.74, 6) is 3.41. The van der Waals surface area contributed by atoms with E-state index >= 15 is 0 Å². The summed E-state index contributed by atoms with van der Waals surface area (Å²) in [6, 6.07) is 0. The van der Waals surface area contributed by atoms with E-state index in [0.717, 1.165) is 4.90 Å². The number of hydrazine groups is 1. The quantitative estimate of drug-likeness (QED) is 0.324. The van der Waals surface area contributed by atoms with Crippen LogP contribution in [0.3, 0.4) is 0 Å². The molecule has 0 aromatic carbocycles. The molecule has 1 aliphatic carbocycles. The van der Waals surface area contributed by atoms with Gasteiger partial charge in [0.05, 0.1) is 11.8 Å². The number of allylic oxidation sites excluding steroid dienone is 2. The van der Waals surface area contributed by atoms with Crippen molar-refractivity contribution in [2.75, 3.05) is 6.54 Å². The molecule has 98 valence electrons. The number of hydrogen-bond acceptors (Lipinski definition) is 4. The highest BCUT2D eigenvalue weighted by atomic mass is 35.5. The Labute approximate surface area is 109 Å². The molecule has 0 aromatic heterocycles. The number of likely N-dealkylation sites (tertiary alicyclic amines) is 1. The van der Waals surface area contributed by atoms with Gasteiger partial charge in [0.25, 0.3) is 0 Å². The van der Waals surface area contributed by atoms with E-state index in [4.69, 9.17) is 17.4 Å². The minimum absolute atomic E-state index is 0.0224. The lowest BCUT2D eigenvalue weighted by atomic mass is 9.85. The second-order valence-corrected chi connectivity index (χ2v) is 4.93. The molecular weight excluding hydrogens is 258 g/mol. The summed E-state index contributed by atoms with van der Waals surface area (Å²) >= 11 is 5.89. The Kier molecular flexibility index (Phi) is 3.68. The fourth-order valence-electron chi connectivity index (χ4n) is 2.40. The van der Waals surface area contributed by atoms with Gasteiger partial charge in [0.2, 0.25) is 17.7 Å². The molecule has 1 saturated heterocycles. The average Bonchev–Trinajstić information content (AvgIpc) is 2.59. The maximum absolute atomic E-state index is 12.1. The molecular formula is C11H14ClN3O3. The molecule has 0 aromatic rings. The maximum atomic E-state index is 12.1. The van der Waals surface area contributed by atoms with Crippen LogP contribution in [0.4, 0.5) is 0 Å². The average molecular weight is 272 g/mol. The van der Waals surface area contributed by atoms with Gasteiger partial charge >= 0.3 is 0 Å². The van der Waals surface area contributed by atoms with Gasteiger partial charge in [-0.05, 0) is 12.8 Å². The number of amides is 3. The Morgan fingerprint density at radius 3 is 2.78 bits per heavy atom. The van der Waals surface area contributed by atoms with Crippen LogP contribution in [-0.4, -0.2) is 29.2 Å². The van der Waals surface area contributed by atoms with Crippen LogP contribution < -0.4 is 11.3 Å². The molecule has 0 spiro atoms. The summed E-state index contributed by atoms with van der Waals surface area (Å²) in [5.41, 5.74) is 1.97. The van der Waals surface area contributed by atoms with Crippen molar-refractivity contribution in [1.82, 2.24) is 10.3 Å². The second kappa shape index (κ2) is 5.07. The first-order chi connectivity index (χ1) is 8.54. The first-order valence-corrected chi connectivity index (χ1v) is 6.11. The summed E-state index contributed by atoms with van der Waals surface area (Å²) in [7, 11) is 0. The molecule has 0 radical (unpaired) electrons. The van der Waals surface area contributed by atoms with Gasteiger partial charge in [-0.2, -0.15) is 0 Å². The van der Waals surface area contributed by atoms with Gasteiger partial charge in [0, 0.05) is 18.0 Å². The minimum Gasteiger partial charge on any atom is -0.294 e. The molecule has 1 aliphatic heterocycles. The number of nitrogens with zero attached hydrogens (tertiary/aromatic N) is 1. The normalized spacial score (nSPS) is 27.0. The third-order valence-electron chi connectivity index (χ3n) is 3.38. The minimum atomic E-state index is -0.401. The number of carbonyl (C=O) groups is 3. The van der Waals surface area contributed by atoms with Crippen LogP contribution in [0.1, 0.15) is 19.3 Å². The molecule has 7 heteroatoms. The first-order valence-electron chi connectivity index (χ1n) is 5.73. The van der Waals surface area contributed by atoms with Gasteiger partial charge < -0.3 is 0 Å². The molecule has 1 heterocycles. The van der Waals surface area contributed by atoms with Crippen LogP contribution in [-0.2, 0) is 14.4 Å². The largest absolute Gasteiger partial charge is 0.294 e. The Morgan fingerprint density at radius 1 is 1.44 bits per heavy atom. The van der Waals surface area contributed by atoms with E-state index in [1.165, 1.54) is 0 Å². The smallest absolute Gasteiger partial charge is 0.235 e. The SMILES string of the molecule is NNC(=O)CCN1C(=O)[C@H]2CC(Cl)=CC[C@H]2C1=O. The van der Waals surface area contributed by atoms with E-state index in [-0.39, 0.29) is 36.6 Å². The highest BCUT2D eigenvalue weighted by molar-refractivity contribution is 6.30. The molecule has 3 N–H and O–H groups in total. The van der Waals surface area contributed by atoms with Crippen LogP contribution in [0.2, 0.25) is 0 Å². The van der Waals surface area contributed by atoms with Crippen molar-refractivity contribution in [2.45, 2.75) is 19.3 Å². The van der Waals surface area contributed by atoms with Crippen LogP contribution in [0.5, 0.6) is 0 Å². The lowest BCUT2D eigenvalue weighted by Crippen LogP contribution is -2.37. The Morgan fingerprint density at radius 2 is 2.11 bits per heavy atom. The summed E-state index contributed by atoms with van der Waals surface area (Å²) < 4.78 is 0. The van der Waals surface area contributed by atoms with Crippen LogP contribution in [0.15, 0.2) is 11.1 Å².